The lowest BCUT2D eigenvalue weighted by Gasteiger charge is -2.30. The third kappa shape index (κ3) is 3.27. The number of halogens is 1. The van der Waals surface area contributed by atoms with E-state index in [1.165, 1.54) is 30.7 Å². The summed E-state index contributed by atoms with van der Waals surface area (Å²) >= 11 is 6.02. The molecule has 118 valence electrons. The van der Waals surface area contributed by atoms with Crippen molar-refractivity contribution in [2.75, 3.05) is 27.3 Å². The number of nitrogens with zero attached hydrogens (tertiary/aromatic N) is 1. The third-order valence-electron chi connectivity index (χ3n) is 3.80. The van der Waals surface area contributed by atoms with Gasteiger partial charge >= 0.3 is 0 Å². The summed E-state index contributed by atoms with van der Waals surface area (Å²) in [5, 5.41) is 0.320. The molecule has 0 amide bonds. The van der Waals surface area contributed by atoms with Gasteiger partial charge in [-0.2, -0.15) is 4.31 Å². The van der Waals surface area contributed by atoms with E-state index in [2.05, 4.69) is 6.92 Å². The van der Waals surface area contributed by atoms with Crippen LogP contribution < -0.4 is 9.47 Å². The first-order valence-electron chi connectivity index (χ1n) is 6.81. The molecule has 0 N–H and O–H groups in total. The van der Waals surface area contributed by atoms with E-state index < -0.39 is 10.0 Å². The number of rotatable bonds is 4. The molecule has 0 atom stereocenters. The largest absolute Gasteiger partial charge is 0.495 e. The highest BCUT2D eigenvalue weighted by Gasteiger charge is 2.31. The summed E-state index contributed by atoms with van der Waals surface area (Å²) in [5.74, 6) is 1.11. The van der Waals surface area contributed by atoms with E-state index >= 15 is 0 Å². The molecule has 2 rings (SSSR count). The normalized spacial score (nSPS) is 17.7. The Morgan fingerprint density at radius 1 is 1.14 bits per heavy atom. The maximum atomic E-state index is 12.8. The summed E-state index contributed by atoms with van der Waals surface area (Å²) < 4.78 is 37.4. The van der Waals surface area contributed by atoms with Crippen LogP contribution in [0, 0.1) is 5.92 Å². The van der Waals surface area contributed by atoms with Gasteiger partial charge in [-0.15, -0.1) is 0 Å². The number of sulfonamides is 1. The first-order valence-corrected chi connectivity index (χ1v) is 8.63. The summed E-state index contributed by atoms with van der Waals surface area (Å²) in [5.41, 5.74) is 0. The predicted octanol–water partition coefficient (Wildman–Crippen LogP) is 2.78. The molecule has 0 spiro atoms. The maximum Gasteiger partial charge on any atom is 0.246 e. The average molecular weight is 334 g/mol. The molecule has 0 aromatic heterocycles. The minimum absolute atomic E-state index is 0.0980. The lowest BCUT2D eigenvalue weighted by atomic mass is 10.0. The molecule has 0 saturated carbocycles. The summed E-state index contributed by atoms with van der Waals surface area (Å²) in [4.78, 5) is 0.0980. The topological polar surface area (TPSA) is 55.8 Å². The fourth-order valence-corrected chi connectivity index (χ4v) is 4.25. The van der Waals surface area contributed by atoms with Crippen LogP contribution in [0.15, 0.2) is 17.0 Å². The van der Waals surface area contributed by atoms with Gasteiger partial charge in [0.1, 0.15) is 16.4 Å². The van der Waals surface area contributed by atoms with Crippen molar-refractivity contribution in [3.05, 3.63) is 17.2 Å². The molecule has 0 radical (unpaired) electrons. The smallest absolute Gasteiger partial charge is 0.246 e. The van der Waals surface area contributed by atoms with Gasteiger partial charge in [-0.3, -0.25) is 0 Å². The standard InChI is InChI=1S/C14H20ClNO4S/c1-10-4-6-16(7-5-10)21(17,18)14-9-12(19-2)11(15)8-13(14)20-3/h8-10H,4-7H2,1-3H3. The molecule has 0 unspecified atom stereocenters. The molecule has 1 fully saturated rings. The lowest BCUT2D eigenvalue weighted by Crippen LogP contribution is -2.38. The van der Waals surface area contributed by atoms with Crippen LogP contribution in [0.1, 0.15) is 19.8 Å². The molecule has 5 nitrogen and oxygen atoms in total. The number of piperidine rings is 1. The molecule has 1 aromatic rings. The van der Waals surface area contributed by atoms with Crippen molar-refractivity contribution in [2.24, 2.45) is 5.92 Å². The zero-order valence-corrected chi connectivity index (χ0v) is 14.0. The van der Waals surface area contributed by atoms with Crippen molar-refractivity contribution in [3.63, 3.8) is 0 Å². The second-order valence-electron chi connectivity index (χ2n) is 5.22. The van der Waals surface area contributed by atoms with Crippen molar-refractivity contribution in [1.82, 2.24) is 4.31 Å². The second kappa shape index (κ2) is 6.42. The van der Waals surface area contributed by atoms with Gasteiger partial charge in [0, 0.05) is 25.2 Å². The monoisotopic (exact) mass is 333 g/mol. The zero-order chi connectivity index (χ0) is 15.6. The van der Waals surface area contributed by atoms with Gasteiger partial charge < -0.3 is 9.47 Å². The summed E-state index contributed by atoms with van der Waals surface area (Å²) in [6.45, 7) is 3.19. The summed E-state index contributed by atoms with van der Waals surface area (Å²) in [6, 6.07) is 2.90. The van der Waals surface area contributed by atoms with Gasteiger partial charge in [0.25, 0.3) is 0 Å². The van der Waals surface area contributed by atoms with Crippen LogP contribution >= 0.6 is 11.6 Å². The highest BCUT2D eigenvalue weighted by atomic mass is 35.5. The minimum atomic E-state index is -3.61. The van der Waals surface area contributed by atoms with Crippen LogP contribution in [0.3, 0.4) is 0 Å². The van der Waals surface area contributed by atoms with Crippen LogP contribution in [0.4, 0.5) is 0 Å². The van der Waals surface area contributed by atoms with E-state index in [1.807, 2.05) is 0 Å². The Balaban J connectivity index is 2.43. The molecule has 1 aliphatic rings. The van der Waals surface area contributed by atoms with Gasteiger partial charge in [-0.1, -0.05) is 18.5 Å². The first-order chi connectivity index (χ1) is 9.90. The van der Waals surface area contributed by atoms with Gasteiger partial charge in [0.05, 0.1) is 19.2 Å². The third-order valence-corrected chi connectivity index (χ3v) is 6.01. The highest BCUT2D eigenvalue weighted by Crippen LogP contribution is 2.37. The number of hydrogen-bond donors (Lipinski definition) is 0. The van der Waals surface area contributed by atoms with Crippen LogP contribution in [0.2, 0.25) is 5.02 Å². The van der Waals surface area contributed by atoms with Gasteiger partial charge in [-0.05, 0) is 18.8 Å². The molecular weight excluding hydrogens is 314 g/mol. The van der Waals surface area contributed by atoms with E-state index in [0.29, 0.717) is 29.8 Å². The Morgan fingerprint density at radius 3 is 2.24 bits per heavy atom. The van der Waals surface area contributed by atoms with Gasteiger partial charge in [0.15, 0.2) is 0 Å². The molecule has 1 heterocycles. The molecule has 0 bridgehead atoms. The second-order valence-corrected chi connectivity index (χ2v) is 7.54. The van der Waals surface area contributed by atoms with Gasteiger partial charge in [0.2, 0.25) is 10.0 Å². The molecule has 1 saturated heterocycles. The molecule has 1 aliphatic heterocycles. The van der Waals surface area contributed by atoms with Gasteiger partial charge in [-0.25, -0.2) is 8.42 Å². The fraction of sp³-hybridized carbons (Fsp3) is 0.571. The minimum Gasteiger partial charge on any atom is -0.495 e. The Kier molecular flexibility index (Phi) is 5.01. The molecule has 21 heavy (non-hydrogen) atoms. The Morgan fingerprint density at radius 2 is 1.71 bits per heavy atom. The van der Waals surface area contributed by atoms with E-state index in [4.69, 9.17) is 21.1 Å². The molecule has 7 heteroatoms. The quantitative estimate of drug-likeness (QED) is 0.850. The Hall–Kier alpha value is -0.980. The Bertz CT molecular complexity index is 610. The average Bonchev–Trinajstić information content (AvgIpc) is 2.47. The van der Waals surface area contributed by atoms with Crippen molar-refractivity contribution in [3.8, 4) is 11.5 Å². The maximum absolute atomic E-state index is 12.8. The van der Waals surface area contributed by atoms with Crippen molar-refractivity contribution in [2.45, 2.75) is 24.7 Å². The van der Waals surface area contributed by atoms with Crippen LogP contribution in [0.25, 0.3) is 0 Å². The zero-order valence-electron chi connectivity index (χ0n) is 12.4. The van der Waals surface area contributed by atoms with E-state index in [0.717, 1.165) is 12.8 Å². The molecule has 0 aliphatic carbocycles. The predicted molar refractivity (Wildman–Crippen MR) is 81.7 cm³/mol. The van der Waals surface area contributed by atoms with Crippen molar-refractivity contribution in [1.29, 1.82) is 0 Å². The first kappa shape index (κ1) is 16.4. The van der Waals surface area contributed by atoms with Crippen LogP contribution in [0.5, 0.6) is 11.5 Å². The van der Waals surface area contributed by atoms with Crippen molar-refractivity contribution >= 4 is 21.6 Å². The van der Waals surface area contributed by atoms with Crippen LogP contribution in [-0.4, -0.2) is 40.0 Å². The molecular formula is C14H20ClNO4S. The van der Waals surface area contributed by atoms with E-state index in [9.17, 15) is 8.42 Å². The van der Waals surface area contributed by atoms with Crippen LogP contribution in [-0.2, 0) is 10.0 Å². The SMILES string of the molecule is COc1cc(S(=O)(=O)N2CCC(C)CC2)c(OC)cc1Cl. The van der Waals surface area contributed by atoms with E-state index in [1.54, 1.807) is 0 Å². The highest BCUT2D eigenvalue weighted by molar-refractivity contribution is 7.89. The van der Waals surface area contributed by atoms with E-state index in [-0.39, 0.29) is 10.6 Å². The van der Waals surface area contributed by atoms with Crippen molar-refractivity contribution < 1.29 is 17.9 Å². The summed E-state index contributed by atoms with van der Waals surface area (Å²) in [6.07, 6.45) is 1.73. The number of ether oxygens (including phenoxy) is 2. The number of benzene rings is 1. The lowest BCUT2D eigenvalue weighted by molar-refractivity contribution is 0.286. The summed E-state index contributed by atoms with van der Waals surface area (Å²) in [7, 11) is -0.731. The number of hydrogen-bond acceptors (Lipinski definition) is 4. The Labute approximate surface area is 130 Å². The number of methoxy groups -OCH3 is 2. The fourth-order valence-electron chi connectivity index (χ4n) is 2.40. The molecule has 1 aromatic carbocycles.